The van der Waals surface area contributed by atoms with Crippen molar-refractivity contribution in [1.82, 2.24) is 0 Å². The average Bonchev–Trinajstić information content (AvgIpc) is 3.09. The lowest BCUT2D eigenvalue weighted by molar-refractivity contribution is -0.0510. The predicted octanol–water partition coefficient (Wildman–Crippen LogP) is 4.11. The lowest BCUT2D eigenvalue weighted by atomic mass is 9.95. The summed E-state index contributed by atoms with van der Waals surface area (Å²) in [5, 5.41) is 9.67. The zero-order chi connectivity index (χ0) is 19.8. The molecule has 0 bridgehead atoms. The predicted molar refractivity (Wildman–Crippen MR) is 99.6 cm³/mol. The fourth-order valence-corrected chi connectivity index (χ4v) is 3.70. The Morgan fingerprint density at radius 1 is 0.964 bits per heavy atom. The highest BCUT2D eigenvalue weighted by atomic mass is 16.8. The second kappa shape index (κ2) is 10.3. The van der Waals surface area contributed by atoms with E-state index in [1.807, 2.05) is 30.3 Å². The van der Waals surface area contributed by atoms with E-state index < -0.39 is 24.5 Å². The molecule has 1 aliphatic heterocycles. The van der Waals surface area contributed by atoms with Gasteiger partial charge < -0.3 is 24.1 Å². The first-order valence-corrected chi connectivity index (χ1v) is 10.0. The number of rotatable bonds is 3. The first kappa shape index (κ1) is 20.5. The van der Waals surface area contributed by atoms with Crippen LogP contribution in [0.2, 0.25) is 0 Å². The normalized spacial score (nSPS) is 28.7. The highest BCUT2D eigenvalue weighted by molar-refractivity contribution is 5.62. The van der Waals surface area contributed by atoms with Gasteiger partial charge in [-0.25, -0.2) is 9.59 Å². The number of carbonyl (C=O) groups is 2. The SMILES string of the molecule is O=C(OCc1ccccc1)O[C@@H]1CCCC[C@H]1O.O=C1O[C@@H]2CCCC[C@H]2O1. The van der Waals surface area contributed by atoms with Crippen LogP contribution in [0.25, 0.3) is 0 Å². The van der Waals surface area contributed by atoms with Gasteiger partial charge in [0.25, 0.3) is 0 Å². The highest BCUT2D eigenvalue weighted by Crippen LogP contribution is 2.28. The lowest BCUT2D eigenvalue weighted by Crippen LogP contribution is -2.34. The van der Waals surface area contributed by atoms with E-state index in [4.69, 9.17) is 18.9 Å². The summed E-state index contributed by atoms with van der Waals surface area (Å²) in [5.74, 6) is 0. The van der Waals surface area contributed by atoms with Crippen molar-refractivity contribution < 1.29 is 33.6 Å². The molecule has 4 atom stereocenters. The fraction of sp³-hybridized carbons (Fsp3) is 0.619. The number of aliphatic hydroxyl groups is 1. The smallest absolute Gasteiger partial charge is 0.429 e. The minimum absolute atomic E-state index is 0.0706. The number of carbonyl (C=O) groups excluding carboxylic acids is 2. The van der Waals surface area contributed by atoms with Crippen LogP contribution in [-0.2, 0) is 25.6 Å². The summed E-state index contributed by atoms with van der Waals surface area (Å²) in [4.78, 5) is 22.0. The van der Waals surface area contributed by atoms with Crippen molar-refractivity contribution in [2.24, 2.45) is 0 Å². The molecule has 1 N–H and O–H groups in total. The number of benzene rings is 1. The second-order valence-corrected chi connectivity index (χ2v) is 7.38. The molecule has 1 heterocycles. The van der Waals surface area contributed by atoms with Crippen LogP contribution in [0.15, 0.2) is 30.3 Å². The van der Waals surface area contributed by atoms with Gasteiger partial charge in [-0.2, -0.15) is 0 Å². The van der Waals surface area contributed by atoms with E-state index in [2.05, 4.69) is 0 Å². The van der Waals surface area contributed by atoms with Gasteiger partial charge in [0, 0.05) is 0 Å². The Hall–Kier alpha value is -2.28. The maximum absolute atomic E-state index is 11.5. The van der Waals surface area contributed by atoms with E-state index in [0.29, 0.717) is 12.8 Å². The molecule has 0 radical (unpaired) electrons. The van der Waals surface area contributed by atoms with Crippen molar-refractivity contribution in [1.29, 1.82) is 0 Å². The van der Waals surface area contributed by atoms with Gasteiger partial charge in [-0.15, -0.1) is 0 Å². The largest absolute Gasteiger partial charge is 0.509 e. The molecule has 1 aromatic carbocycles. The average molecular weight is 392 g/mol. The third-order valence-corrected chi connectivity index (χ3v) is 5.25. The minimum atomic E-state index is -0.704. The van der Waals surface area contributed by atoms with E-state index >= 15 is 0 Å². The maximum atomic E-state index is 11.5. The van der Waals surface area contributed by atoms with Gasteiger partial charge in [0.2, 0.25) is 0 Å². The molecule has 3 aliphatic rings. The Morgan fingerprint density at radius 3 is 2.21 bits per heavy atom. The Labute approximate surface area is 164 Å². The molecule has 1 aromatic rings. The van der Waals surface area contributed by atoms with Crippen LogP contribution < -0.4 is 0 Å². The maximum Gasteiger partial charge on any atom is 0.509 e. The van der Waals surface area contributed by atoms with Crippen molar-refractivity contribution >= 4 is 12.3 Å². The molecule has 0 amide bonds. The zero-order valence-electron chi connectivity index (χ0n) is 16.0. The summed E-state index contributed by atoms with van der Waals surface area (Å²) in [6, 6.07) is 9.43. The second-order valence-electron chi connectivity index (χ2n) is 7.38. The van der Waals surface area contributed by atoms with Crippen LogP contribution in [-0.4, -0.2) is 41.8 Å². The first-order chi connectivity index (χ1) is 13.6. The molecule has 154 valence electrons. The van der Waals surface area contributed by atoms with Gasteiger partial charge in [-0.05, 0) is 50.5 Å². The van der Waals surface area contributed by atoms with E-state index in [-0.39, 0.29) is 18.8 Å². The Bertz CT molecular complexity index is 617. The number of aliphatic hydroxyl groups excluding tert-OH is 1. The monoisotopic (exact) mass is 392 g/mol. The number of ether oxygens (including phenoxy) is 4. The molecule has 1 saturated heterocycles. The van der Waals surface area contributed by atoms with E-state index in [0.717, 1.165) is 44.1 Å². The molecule has 4 rings (SSSR count). The number of hydrogen-bond donors (Lipinski definition) is 1. The molecule has 2 aliphatic carbocycles. The van der Waals surface area contributed by atoms with Gasteiger partial charge in [0.1, 0.15) is 24.9 Å². The van der Waals surface area contributed by atoms with Crippen LogP contribution >= 0.6 is 0 Å². The van der Waals surface area contributed by atoms with Crippen LogP contribution in [0, 0.1) is 0 Å². The van der Waals surface area contributed by atoms with Crippen LogP contribution in [0.5, 0.6) is 0 Å². The standard InChI is InChI=1S/C14H18O4.C7H10O3/c15-12-8-4-5-9-13(12)18-14(16)17-10-11-6-2-1-3-7-11;8-7-9-5-3-1-2-4-6(5)10-7/h1-3,6-7,12-13,15H,4-5,8-10H2;5-6H,1-4H2/t12-,13-;5-,6-/m11/s1. The lowest BCUT2D eigenvalue weighted by Gasteiger charge is -2.26. The summed E-state index contributed by atoms with van der Waals surface area (Å²) in [6.07, 6.45) is 5.66. The van der Waals surface area contributed by atoms with Crippen LogP contribution in [0.4, 0.5) is 9.59 Å². The van der Waals surface area contributed by atoms with Gasteiger partial charge in [-0.1, -0.05) is 36.8 Å². The molecular formula is C21H28O7. The van der Waals surface area contributed by atoms with Crippen molar-refractivity contribution in [3.63, 3.8) is 0 Å². The molecule has 7 heteroatoms. The third-order valence-electron chi connectivity index (χ3n) is 5.25. The Kier molecular flexibility index (Phi) is 7.54. The topological polar surface area (TPSA) is 91.3 Å². The zero-order valence-corrected chi connectivity index (χ0v) is 16.0. The molecular weight excluding hydrogens is 364 g/mol. The minimum Gasteiger partial charge on any atom is -0.429 e. The molecule has 7 nitrogen and oxygen atoms in total. The quantitative estimate of drug-likeness (QED) is 0.774. The van der Waals surface area contributed by atoms with Crippen molar-refractivity contribution in [2.75, 3.05) is 0 Å². The summed E-state index contributed by atoms with van der Waals surface area (Å²) in [7, 11) is 0. The molecule has 0 spiro atoms. The van der Waals surface area contributed by atoms with Gasteiger partial charge >= 0.3 is 12.3 Å². The van der Waals surface area contributed by atoms with Gasteiger partial charge in [0.05, 0.1) is 6.10 Å². The van der Waals surface area contributed by atoms with Gasteiger partial charge in [0.15, 0.2) is 0 Å². The van der Waals surface area contributed by atoms with Crippen LogP contribution in [0.3, 0.4) is 0 Å². The van der Waals surface area contributed by atoms with Gasteiger partial charge in [-0.3, -0.25) is 0 Å². The summed E-state index contributed by atoms with van der Waals surface area (Å²) in [5.41, 5.74) is 0.915. The molecule has 28 heavy (non-hydrogen) atoms. The highest BCUT2D eigenvalue weighted by Gasteiger charge is 2.37. The van der Waals surface area contributed by atoms with E-state index in [9.17, 15) is 14.7 Å². The van der Waals surface area contributed by atoms with Crippen molar-refractivity contribution in [2.45, 2.75) is 82.4 Å². The summed E-state index contributed by atoms with van der Waals surface area (Å²) < 4.78 is 19.9. The van der Waals surface area contributed by atoms with Crippen LogP contribution in [0.1, 0.15) is 56.9 Å². The molecule has 0 unspecified atom stereocenters. The number of fused-ring (bicyclic) bond motifs is 1. The molecule has 0 aromatic heterocycles. The third kappa shape index (κ3) is 6.12. The fourth-order valence-electron chi connectivity index (χ4n) is 3.70. The molecule has 3 fully saturated rings. The Balaban J connectivity index is 0.000000188. The molecule has 2 saturated carbocycles. The van der Waals surface area contributed by atoms with E-state index in [1.165, 1.54) is 0 Å². The van der Waals surface area contributed by atoms with E-state index in [1.54, 1.807) is 0 Å². The first-order valence-electron chi connectivity index (χ1n) is 10.0. The summed E-state index contributed by atoms with van der Waals surface area (Å²) in [6.45, 7) is 0.197. The summed E-state index contributed by atoms with van der Waals surface area (Å²) >= 11 is 0. The Morgan fingerprint density at radius 2 is 1.57 bits per heavy atom. The number of hydrogen-bond acceptors (Lipinski definition) is 7. The van der Waals surface area contributed by atoms with Crippen molar-refractivity contribution in [3.8, 4) is 0 Å². The van der Waals surface area contributed by atoms with Crippen molar-refractivity contribution in [3.05, 3.63) is 35.9 Å².